The summed E-state index contributed by atoms with van der Waals surface area (Å²) in [5, 5.41) is 21.2. The number of rotatable bonds is 6. The largest absolute Gasteiger partial charge is 0.480 e. The number of carboxylic acid groups (broad SMARTS) is 2. The normalized spacial score (nSPS) is 19.9. The first kappa shape index (κ1) is 15.5. The molecule has 1 unspecified atom stereocenters. The molecular weight excluding hydrogens is 298 g/mol. The molecule has 0 aliphatic carbocycles. The van der Waals surface area contributed by atoms with Crippen LogP contribution in [0.2, 0.25) is 0 Å². The number of benzene rings is 1. The van der Waals surface area contributed by atoms with Crippen LogP contribution in [0.5, 0.6) is 0 Å². The van der Waals surface area contributed by atoms with Crippen LogP contribution in [0.4, 0.5) is 0 Å². The smallest absolute Gasteiger partial charge is 0.322 e. The lowest BCUT2D eigenvalue weighted by atomic mass is 10.1. The Morgan fingerprint density at radius 3 is 2.87 bits per heavy atom. The molecule has 0 radical (unpaired) electrons. The lowest BCUT2D eigenvalue weighted by Crippen LogP contribution is -2.53. The summed E-state index contributed by atoms with van der Waals surface area (Å²) >= 11 is 0. The predicted octanol–water partition coefficient (Wildman–Crippen LogP) is 1.22. The zero-order valence-corrected chi connectivity index (χ0v) is 12.5. The van der Waals surface area contributed by atoms with E-state index in [9.17, 15) is 19.8 Å². The Hall–Kier alpha value is -2.38. The van der Waals surface area contributed by atoms with Crippen LogP contribution < -0.4 is 5.43 Å². The molecule has 1 aliphatic rings. The van der Waals surface area contributed by atoms with Gasteiger partial charge in [-0.3, -0.25) is 9.59 Å². The molecule has 1 aromatic carbocycles. The Morgan fingerprint density at radius 2 is 2.13 bits per heavy atom. The van der Waals surface area contributed by atoms with Gasteiger partial charge in [-0.05, 0) is 24.5 Å². The van der Waals surface area contributed by atoms with Gasteiger partial charge in [0.1, 0.15) is 12.1 Å². The number of aromatic amines is 1. The van der Waals surface area contributed by atoms with Crippen LogP contribution in [0.3, 0.4) is 0 Å². The summed E-state index contributed by atoms with van der Waals surface area (Å²) in [6.45, 7) is 0.536. The SMILES string of the molecule is O=C(O)C(Cc1c[nH]c2ccccc12)NN1CCC[C@@H]1C(=O)O. The monoisotopic (exact) mass is 317 g/mol. The Labute approximate surface area is 132 Å². The average Bonchev–Trinajstić information content (AvgIpc) is 3.14. The van der Waals surface area contributed by atoms with E-state index in [1.165, 1.54) is 5.01 Å². The first-order chi connectivity index (χ1) is 11.1. The summed E-state index contributed by atoms with van der Waals surface area (Å²) in [4.78, 5) is 25.9. The van der Waals surface area contributed by atoms with Gasteiger partial charge < -0.3 is 15.2 Å². The molecule has 4 N–H and O–H groups in total. The number of hydrogen-bond donors (Lipinski definition) is 4. The fraction of sp³-hybridized carbons (Fsp3) is 0.375. The van der Waals surface area contributed by atoms with E-state index in [1.807, 2.05) is 24.3 Å². The molecule has 23 heavy (non-hydrogen) atoms. The van der Waals surface area contributed by atoms with Crippen LogP contribution in [0.15, 0.2) is 30.5 Å². The zero-order valence-electron chi connectivity index (χ0n) is 12.5. The first-order valence-corrected chi connectivity index (χ1v) is 7.59. The molecular formula is C16H19N3O4. The van der Waals surface area contributed by atoms with Crippen molar-refractivity contribution in [2.75, 3.05) is 6.54 Å². The van der Waals surface area contributed by atoms with Crippen molar-refractivity contribution >= 4 is 22.8 Å². The first-order valence-electron chi connectivity index (χ1n) is 7.59. The van der Waals surface area contributed by atoms with E-state index in [0.717, 1.165) is 22.9 Å². The minimum absolute atomic E-state index is 0.280. The number of carbonyl (C=O) groups is 2. The number of carboxylic acids is 2. The molecule has 1 saturated heterocycles. The number of H-pyrrole nitrogens is 1. The van der Waals surface area contributed by atoms with E-state index in [2.05, 4.69) is 10.4 Å². The van der Waals surface area contributed by atoms with Crippen LogP contribution in [-0.4, -0.2) is 50.8 Å². The van der Waals surface area contributed by atoms with Crippen molar-refractivity contribution in [2.45, 2.75) is 31.3 Å². The summed E-state index contributed by atoms with van der Waals surface area (Å²) in [6, 6.07) is 6.16. The summed E-state index contributed by atoms with van der Waals surface area (Å²) in [5.74, 6) is -1.92. The number of nitrogens with one attached hydrogen (secondary N) is 2. The van der Waals surface area contributed by atoms with E-state index in [0.29, 0.717) is 13.0 Å². The maximum absolute atomic E-state index is 11.6. The number of aliphatic carboxylic acids is 2. The van der Waals surface area contributed by atoms with Gasteiger partial charge in [-0.2, -0.15) is 0 Å². The Morgan fingerprint density at radius 1 is 1.35 bits per heavy atom. The molecule has 0 amide bonds. The third-order valence-corrected chi connectivity index (χ3v) is 4.26. The van der Waals surface area contributed by atoms with Crippen molar-refractivity contribution in [1.29, 1.82) is 0 Å². The maximum Gasteiger partial charge on any atom is 0.322 e. The molecule has 2 heterocycles. The van der Waals surface area contributed by atoms with Gasteiger partial charge in [0.2, 0.25) is 0 Å². The van der Waals surface area contributed by atoms with Crippen molar-refractivity contribution in [3.05, 3.63) is 36.0 Å². The molecule has 122 valence electrons. The van der Waals surface area contributed by atoms with E-state index in [1.54, 1.807) is 6.20 Å². The molecule has 1 aromatic heterocycles. The van der Waals surface area contributed by atoms with Crippen molar-refractivity contribution in [1.82, 2.24) is 15.4 Å². The van der Waals surface area contributed by atoms with Gasteiger partial charge in [-0.1, -0.05) is 18.2 Å². The summed E-state index contributed by atoms with van der Waals surface area (Å²) < 4.78 is 0. The second-order valence-electron chi connectivity index (χ2n) is 5.77. The van der Waals surface area contributed by atoms with Crippen LogP contribution >= 0.6 is 0 Å². The van der Waals surface area contributed by atoms with E-state index in [-0.39, 0.29) is 6.42 Å². The fourth-order valence-electron chi connectivity index (χ4n) is 3.09. The quantitative estimate of drug-likeness (QED) is 0.638. The van der Waals surface area contributed by atoms with Gasteiger partial charge in [0.15, 0.2) is 0 Å². The zero-order chi connectivity index (χ0) is 16.4. The van der Waals surface area contributed by atoms with Gasteiger partial charge in [0, 0.05) is 30.1 Å². The summed E-state index contributed by atoms with van der Waals surface area (Å²) in [6.07, 6.45) is 3.36. The van der Waals surface area contributed by atoms with Crippen LogP contribution in [0.25, 0.3) is 10.9 Å². The number of aromatic nitrogens is 1. The Kier molecular flexibility index (Phi) is 4.31. The Balaban J connectivity index is 1.77. The maximum atomic E-state index is 11.6. The van der Waals surface area contributed by atoms with Crippen molar-refractivity contribution in [3.8, 4) is 0 Å². The number of hydrazine groups is 1. The summed E-state index contributed by atoms with van der Waals surface area (Å²) in [7, 11) is 0. The molecule has 7 heteroatoms. The van der Waals surface area contributed by atoms with Gasteiger partial charge in [-0.25, -0.2) is 10.4 Å². The average molecular weight is 317 g/mol. The number of fused-ring (bicyclic) bond motifs is 1. The second kappa shape index (κ2) is 6.39. The molecule has 3 rings (SSSR count). The summed E-state index contributed by atoms with van der Waals surface area (Å²) in [5.41, 5.74) is 4.74. The topological polar surface area (TPSA) is 106 Å². The molecule has 0 spiro atoms. The molecule has 0 saturated carbocycles. The lowest BCUT2D eigenvalue weighted by Gasteiger charge is -2.26. The highest BCUT2D eigenvalue weighted by molar-refractivity contribution is 5.84. The van der Waals surface area contributed by atoms with Gasteiger partial charge in [0.25, 0.3) is 0 Å². The molecule has 1 fully saturated rings. The van der Waals surface area contributed by atoms with E-state index >= 15 is 0 Å². The van der Waals surface area contributed by atoms with Crippen LogP contribution in [-0.2, 0) is 16.0 Å². The highest BCUT2D eigenvalue weighted by atomic mass is 16.4. The minimum Gasteiger partial charge on any atom is -0.480 e. The molecule has 2 aromatic rings. The van der Waals surface area contributed by atoms with Crippen molar-refractivity contribution in [2.24, 2.45) is 0 Å². The lowest BCUT2D eigenvalue weighted by molar-refractivity contribution is -0.147. The van der Waals surface area contributed by atoms with Gasteiger partial charge in [0.05, 0.1) is 0 Å². The second-order valence-corrected chi connectivity index (χ2v) is 5.77. The standard InChI is InChI=1S/C16H19N3O4/c20-15(21)13(18-19-7-3-6-14(19)16(22)23)8-10-9-17-12-5-2-1-4-11(10)12/h1-2,4-5,9,13-14,17-18H,3,6-8H2,(H,20,21)(H,22,23)/t13?,14-/m1/s1. The molecule has 1 aliphatic heterocycles. The third-order valence-electron chi connectivity index (χ3n) is 4.26. The van der Waals surface area contributed by atoms with Gasteiger partial charge in [-0.15, -0.1) is 0 Å². The number of nitrogens with zero attached hydrogens (tertiary/aromatic N) is 1. The van der Waals surface area contributed by atoms with E-state index in [4.69, 9.17) is 0 Å². The van der Waals surface area contributed by atoms with E-state index < -0.39 is 24.0 Å². The number of para-hydroxylation sites is 1. The molecule has 0 bridgehead atoms. The molecule has 7 nitrogen and oxygen atoms in total. The van der Waals surface area contributed by atoms with Crippen molar-refractivity contribution in [3.63, 3.8) is 0 Å². The van der Waals surface area contributed by atoms with Crippen LogP contribution in [0.1, 0.15) is 18.4 Å². The molecule has 2 atom stereocenters. The van der Waals surface area contributed by atoms with Gasteiger partial charge >= 0.3 is 11.9 Å². The third kappa shape index (κ3) is 3.20. The van der Waals surface area contributed by atoms with Crippen LogP contribution in [0, 0.1) is 0 Å². The highest BCUT2D eigenvalue weighted by Gasteiger charge is 2.33. The Bertz CT molecular complexity index is 727. The fourth-order valence-corrected chi connectivity index (χ4v) is 3.09. The predicted molar refractivity (Wildman–Crippen MR) is 83.9 cm³/mol. The number of hydrogen-bond acceptors (Lipinski definition) is 4. The minimum atomic E-state index is -0.994. The highest BCUT2D eigenvalue weighted by Crippen LogP contribution is 2.20. The van der Waals surface area contributed by atoms with Crippen molar-refractivity contribution < 1.29 is 19.8 Å².